The Kier molecular flexibility index (Phi) is 11.7. The minimum absolute atomic E-state index is 0.0398. The van der Waals surface area contributed by atoms with Crippen LogP contribution in [-0.4, -0.2) is 75.3 Å². The lowest BCUT2D eigenvalue weighted by Crippen LogP contribution is -2.56. The number of amides is 5. The van der Waals surface area contributed by atoms with Crippen LogP contribution in [0.1, 0.15) is 63.5 Å². The second kappa shape index (κ2) is 15.3. The molecule has 11 nitrogen and oxygen atoms in total. The zero-order valence-corrected chi connectivity index (χ0v) is 27.5. The highest BCUT2D eigenvalue weighted by molar-refractivity contribution is 6.42. The summed E-state index contributed by atoms with van der Waals surface area (Å²) in [5.74, 6) is -3.85. The first kappa shape index (κ1) is 35.9. The normalized spacial score (nSPS) is 17.7. The molecule has 1 fully saturated rings. The summed E-state index contributed by atoms with van der Waals surface area (Å²) in [6.45, 7) is 4.28. The molecule has 0 bridgehead atoms. The van der Waals surface area contributed by atoms with Crippen LogP contribution in [0.25, 0.3) is 0 Å². The molecule has 0 aliphatic carbocycles. The number of hydrogen-bond donors (Lipinski definition) is 4. The van der Waals surface area contributed by atoms with Gasteiger partial charge in [0, 0.05) is 44.4 Å². The highest BCUT2D eigenvalue weighted by atomic mass is 35.5. The van der Waals surface area contributed by atoms with E-state index in [9.17, 15) is 32.8 Å². The zero-order valence-electron chi connectivity index (χ0n) is 26.0. The van der Waals surface area contributed by atoms with Gasteiger partial charge in [-0.05, 0) is 74.9 Å². The van der Waals surface area contributed by atoms with Gasteiger partial charge in [0.2, 0.25) is 23.6 Å². The van der Waals surface area contributed by atoms with Crippen LogP contribution in [-0.2, 0) is 32.1 Å². The molecular weight excluding hydrogens is 659 g/mol. The number of nitrogens with zero attached hydrogens (tertiary/aromatic N) is 2. The van der Waals surface area contributed by atoms with Gasteiger partial charge >= 0.3 is 6.09 Å². The first-order valence-electron chi connectivity index (χ1n) is 15.3. The van der Waals surface area contributed by atoms with Crippen LogP contribution in [0.2, 0.25) is 10.0 Å². The van der Waals surface area contributed by atoms with Gasteiger partial charge in [-0.2, -0.15) is 0 Å². The predicted octanol–water partition coefficient (Wildman–Crippen LogP) is 4.88. The van der Waals surface area contributed by atoms with Crippen LogP contribution in [0.5, 0.6) is 0 Å². The molecule has 2 aromatic rings. The van der Waals surface area contributed by atoms with Gasteiger partial charge in [0.15, 0.2) is 5.82 Å². The van der Waals surface area contributed by atoms with Crippen molar-refractivity contribution in [2.24, 2.45) is 0 Å². The van der Waals surface area contributed by atoms with E-state index in [1.165, 1.54) is 35.2 Å². The highest BCUT2D eigenvalue weighted by Crippen LogP contribution is 2.31. The van der Waals surface area contributed by atoms with E-state index in [4.69, 9.17) is 28.3 Å². The molecule has 0 aromatic heterocycles. The molecule has 0 unspecified atom stereocenters. The largest absolute Gasteiger partial charge is 0.465 e. The van der Waals surface area contributed by atoms with Gasteiger partial charge in [-0.25, -0.2) is 13.6 Å². The standard InChI is InChI=1S/C32H37Cl2F2N5O6/c1-32(2)12-3-4-14-41(32)26(43)10-9-25(42)40-17-18-5-6-20(35)15-19(18)16-24(40)30(45)39-23(11-13-37-31(46)47)29(44)38-22-8-7-21(33)27(34)28(22)36/h5-8,15,23-24,37H,3-4,9-14,16-17H2,1-2H3,(H,38,44)(H,39,45)(H,46,47)/t23-,24-/m0/s1. The second-order valence-corrected chi connectivity index (χ2v) is 13.0. The summed E-state index contributed by atoms with van der Waals surface area (Å²) in [6, 6.07) is 3.91. The number of fused-ring (bicyclic) bond motifs is 1. The number of hydrogen-bond acceptors (Lipinski definition) is 5. The fourth-order valence-electron chi connectivity index (χ4n) is 5.97. The van der Waals surface area contributed by atoms with Gasteiger partial charge in [-0.3, -0.25) is 19.2 Å². The van der Waals surface area contributed by atoms with E-state index in [-0.39, 0.29) is 60.9 Å². The minimum Gasteiger partial charge on any atom is -0.465 e. The minimum atomic E-state index is -1.39. The first-order valence-corrected chi connectivity index (χ1v) is 16.0. The SMILES string of the molecule is CC1(C)CCCCN1C(=O)CCC(=O)N1Cc2ccc(F)cc2C[C@H]1C(=O)N[C@@H](CCNC(=O)O)C(=O)Nc1ccc(Cl)c(Cl)c1F. The van der Waals surface area contributed by atoms with Crippen molar-refractivity contribution >= 4 is 58.6 Å². The summed E-state index contributed by atoms with van der Waals surface area (Å²) in [5.41, 5.74) is 0.463. The monoisotopic (exact) mass is 695 g/mol. The third kappa shape index (κ3) is 8.89. The Morgan fingerprint density at radius 3 is 2.45 bits per heavy atom. The molecule has 0 saturated carbocycles. The molecule has 5 amide bonds. The Hall–Kier alpha value is -3.97. The summed E-state index contributed by atoms with van der Waals surface area (Å²) >= 11 is 11.7. The summed E-state index contributed by atoms with van der Waals surface area (Å²) < 4.78 is 28.9. The number of nitrogens with one attached hydrogen (secondary N) is 3. The summed E-state index contributed by atoms with van der Waals surface area (Å²) in [5, 5.41) is 15.5. The van der Waals surface area contributed by atoms with Crippen LogP contribution >= 0.6 is 23.2 Å². The van der Waals surface area contributed by atoms with Crippen molar-refractivity contribution in [1.29, 1.82) is 0 Å². The maximum atomic E-state index is 14.7. The van der Waals surface area contributed by atoms with Crippen LogP contribution < -0.4 is 16.0 Å². The molecule has 0 radical (unpaired) electrons. The van der Waals surface area contributed by atoms with E-state index in [1.54, 1.807) is 4.90 Å². The molecule has 2 atom stereocenters. The van der Waals surface area contributed by atoms with E-state index in [1.807, 2.05) is 13.8 Å². The number of carbonyl (C=O) groups is 5. The van der Waals surface area contributed by atoms with Gasteiger partial charge in [-0.15, -0.1) is 0 Å². The number of carboxylic acid groups (broad SMARTS) is 1. The average molecular weight is 697 g/mol. The highest BCUT2D eigenvalue weighted by Gasteiger charge is 2.38. The summed E-state index contributed by atoms with van der Waals surface area (Å²) in [4.78, 5) is 68.0. The fraction of sp³-hybridized carbons (Fsp3) is 0.469. The maximum absolute atomic E-state index is 14.7. The van der Waals surface area contributed by atoms with Gasteiger partial charge in [0.25, 0.3) is 0 Å². The molecule has 4 rings (SSSR count). The lowest BCUT2D eigenvalue weighted by Gasteiger charge is -2.42. The number of benzene rings is 2. The third-order valence-electron chi connectivity index (χ3n) is 8.56. The molecule has 2 aliphatic heterocycles. The molecule has 2 aliphatic rings. The molecular formula is C32H37Cl2F2N5O6. The Morgan fingerprint density at radius 2 is 1.74 bits per heavy atom. The lowest BCUT2D eigenvalue weighted by molar-refractivity contribution is -0.145. The topological polar surface area (TPSA) is 148 Å². The molecule has 47 heavy (non-hydrogen) atoms. The molecule has 254 valence electrons. The van der Waals surface area contributed by atoms with Crippen LogP contribution in [0.4, 0.5) is 19.3 Å². The number of anilines is 1. The van der Waals surface area contributed by atoms with Gasteiger partial charge < -0.3 is 30.9 Å². The molecule has 2 heterocycles. The molecule has 2 aromatic carbocycles. The number of carbonyl (C=O) groups excluding carboxylic acids is 4. The summed E-state index contributed by atoms with van der Waals surface area (Å²) in [6.07, 6.45) is 0.811. The quantitative estimate of drug-likeness (QED) is 0.261. The van der Waals surface area contributed by atoms with E-state index in [2.05, 4.69) is 16.0 Å². The van der Waals surface area contributed by atoms with Crippen molar-refractivity contribution in [2.45, 2.75) is 83.0 Å². The Bertz CT molecular complexity index is 1560. The second-order valence-electron chi connectivity index (χ2n) is 12.3. The average Bonchev–Trinajstić information content (AvgIpc) is 3.02. The number of halogens is 4. The number of rotatable bonds is 10. The molecule has 4 N–H and O–H groups in total. The number of piperidine rings is 1. The third-order valence-corrected chi connectivity index (χ3v) is 9.34. The maximum Gasteiger partial charge on any atom is 0.404 e. The van der Waals surface area contributed by atoms with E-state index in [0.29, 0.717) is 17.7 Å². The molecule has 1 saturated heterocycles. The van der Waals surface area contributed by atoms with E-state index >= 15 is 0 Å². The van der Waals surface area contributed by atoms with E-state index in [0.717, 1.165) is 19.3 Å². The van der Waals surface area contributed by atoms with Crippen molar-refractivity contribution in [2.75, 3.05) is 18.4 Å². The van der Waals surface area contributed by atoms with Crippen molar-refractivity contribution in [3.8, 4) is 0 Å². The molecule has 15 heteroatoms. The Balaban J connectivity index is 1.54. The van der Waals surface area contributed by atoms with Crippen LogP contribution in [0.15, 0.2) is 30.3 Å². The van der Waals surface area contributed by atoms with Gasteiger partial charge in [0.1, 0.15) is 17.9 Å². The predicted molar refractivity (Wildman–Crippen MR) is 171 cm³/mol. The van der Waals surface area contributed by atoms with Crippen LogP contribution in [0.3, 0.4) is 0 Å². The number of likely N-dealkylation sites (tertiary alicyclic amines) is 1. The van der Waals surface area contributed by atoms with Gasteiger partial charge in [-0.1, -0.05) is 29.3 Å². The van der Waals surface area contributed by atoms with Crippen molar-refractivity contribution < 1.29 is 37.9 Å². The smallest absolute Gasteiger partial charge is 0.404 e. The van der Waals surface area contributed by atoms with Crippen molar-refractivity contribution in [3.63, 3.8) is 0 Å². The molecule has 0 spiro atoms. The fourth-order valence-corrected chi connectivity index (χ4v) is 6.28. The first-order chi connectivity index (χ1) is 22.2. The van der Waals surface area contributed by atoms with Crippen LogP contribution in [0, 0.1) is 11.6 Å². The Morgan fingerprint density at radius 1 is 1.02 bits per heavy atom. The van der Waals surface area contributed by atoms with Crippen molar-refractivity contribution in [3.05, 3.63) is 63.1 Å². The Labute approximate surface area is 280 Å². The van der Waals surface area contributed by atoms with Gasteiger partial charge in [0.05, 0.1) is 15.7 Å². The summed E-state index contributed by atoms with van der Waals surface area (Å²) in [7, 11) is 0. The van der Waals surface area contributed by atoms with Crippen molar-refractivity contribution in [1.82, 2.24) is 20.4 Å². The lowest BCUT2D eigenvalue weighted by atomic mass is 9.90. The zero-order chi connectivity index (χ0) is 34.5. The van der Waals surface area contributed by atoms with E-state index < -0.39 is 52.6 Å².